The van der Waals surface area contributed by atoms with Gasteiger partial charge in [0.15, 0.2) is 12.4 Å². The minimum Gasteiger partial charge on any atom is -0.481 e. The molecule has 0 amide bonds. The van der Waals surface area contributed by atoms with Crippen LogP contribution in [0.25, 0.3) is 10.9 Å². The molecule has 0 atom stereocenters. The van der Waals surface area contributed by atoms with E-state index >= 15 is 0 Å². The maximum absolute atomic E-state index is 12.9. The molecule has 1 aromatic heterocycles. The van der Waals surface area contributed by atoms with E-state index in [0.29, 0.717) is 44.8 Å². The summed E-state index contributed by atoms with van der Waals surface area (Å²) in [6.07, 6.45) is 0.365. The normalized spacial score (nSPS) is 11.4. The van der Waals surface area contributed by atoms with Crippen LogP contribution in [0.2, 0.25) is 5.02 Å². The lowest BCUT2D eigenvalue weighted by molar-refractivity contribution is -0.142. The highest BCUT2D eigenvalue weighted by atomic mass is 35.5. The maximum Gasteiger partial charge on any atom is 0.343 e. The van der Waals surface area contributed by atoms with Gasteiger partial charge in [0, 0.05) is 28.3 Å². The van der Waals surface area contributed by atoms with Crippen molar-refractivity contribution in [2.45, 2.75) is 34.1 Å². The van der Waals surface area contributed by atoms with Gasteiger partial charge in [0.1, 0.15) is 5.75 Å². The number of benzene rings is 2. The Morgan fingerprint density at radius 2 is 1.72 bits per heavy atom. The molecule has 0 spiro atoms. The monoisotopic (exact) mass is 455 g/mol. The summed E-state index contributed by atoms with van der Waals surface area (Å²) >= 11 is 6.31. The number of pyridine rings is 1. The van der Waals surface area contributed by atoms with E-state index in [-0.39, 0.29) is 17.9 Å². The van der Waals surface area contributed by atoms with Gasteiger partial charge in [0.05, 0.1) is 17.6 Å². The van der Waals surface area contributed by atoms with Gasteiger partial charge in [-0.25, -0.2) is 4.79 Å². The van der Waals surface area contributed by atoms with E-state index in [1.54, 1.807) is 24.3 Å². The smallest absolute Gasteiger partial charge is 0.343 e. The Balaban J connectivity index is 2.01. The van der Waals surface area contributed by atoms with Crippen LogP contribution in [0.5, 0.6) is 5.75 Å². The van der Waals surface area contributed by atoms with Crippen molar-refractivity contribution in [3.05, 3.63) is 74.0 Å². The largest absolute Gasteiger partial charge is 0.481 e. The van der Waals surface area contributed by atoms with Gasteiger partial charge in [0.2, 0.25) is 0 Å². The van der Waals surface area contributed by atoms with E-state index in [1.165, 1.54) is 7.11 Å². The number of carbonyl (C=O) groups is 2. The van der Waals surface area contributed by atoms with Crippen LogP contribution in [-0.4, -0.2) is 30.5 Å². The minimum absolute atomic E-state index is 0.0609. The van der Waals surface area contributed by atoms with Crippen molar-refractivity contribution in [2.75, 3.05) is 13.7 Å². The van der Waals surface area contributed by atoms with Gasteiger partial charge in [0.25, 0.3) is 5.56 Å². The second kappa shape index (κ2) is 9.17. The number of hydrogen-bond acceptors (Lipinski definition) is 5. The zero-order chi connectivity index (χ0) is 23.6. The molecule has 0 saturated heterocycles. The number of H-pyrrole nitrogens is 1. The summed E-state index contributed by atoms with van der Waals surface area (Å²) in [4.78, 5) is 39.7. The number of rotatable bonds is 6. The van der Waals surface area contributed by atoms with Crippen LogP contribution in [-0.2, 0) is 16.0 Å². The molecular weight excluding hydrogens is 430 g/mol. The Morgan fingerprint density at radius 1 is 1.06 bits per heavy atom. The fourth-order valence-corrected chi connectivity index (χ4v) is 3.71. The first-order valence-electron chi connectivity index (χ1n) is 10.2. The number of carbonyl (C=O) groups excluding carboxylic acids is 2. The van der Waals surface area contributed by atoms with Crippen molar-refractivity contribution in [3.8, 4) is 5.75 Å². The number of hydrogen-bond donors (Lipinski definition) is 1. The third kappa shape index (κ3) is 4.86. The van der Waals surface area contributed by atoms with Gasteiger partial charge >= 0.3 is 5.97 Å². The van der Waals surface area contributed by atoms with Gasteiger partial charge in [-0.05, 0) is 30.2 Å². The summed E-state index contributed by atoms with van der Waals surface area (Å²) in [6.45, 7) is 7.21. The number of ether oxygens (including phenoxy) is 2. The van der Waals surface area contributed by atoms with Crippen molar-refractivity contribution < 1.29 is 19.1 Å². The Kier molecular flexibility index (Phi) is 6.74. The van der Waals surface area contributed by atoms with Crippen molar-refractivity contribution in [1.29, 1.82) is 0 Å². The first kappa shape index (κ1) is 23.5. The number of Topliss-reactive ketones (excluding diaryl/α,β-unsaturated/α-hetero) is 1. The predicted octanol–water partition coefficient (Wildman–Crippen LogP) is 4.86. The zero-order valence-corrected chi connectivity index (χ0v) is 19.6. The highest BCUT2D eigenvalue weighted by molar-refractivity contribution is 6.35. The molecule has 32 heavy (non-hydrogen) atoms. The minimum atomic E-state index is -0.514. The average molecular weight is 456 g/mol. The number of halogens is 1. The summed E-state index contributed by atoms with van der Waals surface area (Å²) < 4.78 is 10.3. The number of nitrogens with one attached hydrogen (secondary N) is 1. The van der Waals surface area contributed by atoms with Crippen LogP contribution < -0.4 is 10.3 Å². The van der Waals surface area contributed by atoms with Crippen LogP contribution in [0.15, 0.2) is 41.2 Å². The van der Waals surface area contributed by atoms with Crippen LogP contribution in [0.1, 0.15) is 47.8 Å². The molecule has 0 aliphatic rings. The fourth-order valence-electron chi connectivity index (χ4n) is 3.50. The lowest BCUT2D eigenvalue weighted by Crippen LogP contribution is -2.20. The van der Waals surface area contributed by atoms with Crippen LogP contribution >= 0.6 is 11.6 Å². The number of fused-ring (bicyclic) bond motifs is 1. The lowest BCUT2D eigenvalue weighted by atomic mass is 9.86. The summed E-state index contributed by atoms with van der Waals surface area (Å²) in [5.41, 5.74) is 2.52. The lowest BCUT2D eigenvalue weighted by Gasteiger charge is -2.17. The molecule has 2 aromatic carbocycles. The Labute approximate surface area is 191 Å². The SMILES string of the molecule is COC(=O)COc1ccc(Cl)c2[nH]c(=O)c(Cc3ccc(C(=O)C(C)(C)C)cc3)c(C)c12. The van der Waals surface area contributed by atoms with E-state index in [0.717, 1.165) is 5.56 Å². The molecule has 6 nitrogen and oxygen atoms in total. The Morgan fingerprint density at radius 3 is 2.31 bits per heavy atom. The Bertz CT molecular complexity index is 1240. The highest BCUT2D eigenvalue weighted by Gasteiger charge is 2.23. The van der Waals surface area contributed by atoms with Gasteiger partial charge in [-0.15, -0.1) is 0 Å². The fraction of sp³-hybridized carbons (Fsp3) is 0.320. The van der Waals surface area contributed by atoms with E-state index in [4.69, 9.17) is 16.3 Å². The van der Waals surface area contributed by atoms with Crippen LogP contribution in [0.4, 0.5) is 0 Å². The summed E-state index contributed by atoms with van der Waals surface area (Å²) in [7, 11) is 1.28. The predicted molar refractivity (Wildman–Crippen MR) is 125 cm³/mol. The summed E-state index contributed by atoms with van der Waals surface area (Å²) in [6, 6.07) is 10.6. The number of ketones is 1. The maximum atomic E-state index is 12.9. The number of aromatic nitrogens is 1. The van der Waals surface area contributed by atoms with Crippen molar-refractivity contribution >= 4 is 34.3 Å². The third-order valence-corrected chi connectivity index (χ3v) is 5.62. The van der Waals surface area contributed by atoms with Gasteiger partial charge < -0.3 is 14.5 Å². The molecule has 0 aliphatic carbocycles. The quantitative estimate of drug-likeness (QED) is 0.423. The second-order valence-electron chi connectivity index (χ2n) is 8.67. The van der Waals surface area contributed by atoms with Crippen molar-refractivity contribution in [2.24, 2.45) is 5.41 Å². The first-order valence-corrected chi connectivity index (χ1v) is 10.6. The van der Waals surface area contributed by atoms with Crippen molar-refractivity contribution in [3.63, 3.8) is 0 Å². The second-order valence-corrected chi connectivity index (χ2v) is 9.08. The number of aromatic amines is 1. The number of esters is 1. The summed E-state index contributed by atoms with van der Waals surface area (Å²) in [5, 5.41) is 1.01. The molecule has 3 rings (SSSR count). The standard InChI is InChI=1S/C25H26ClNO5/c1-14-17(12-15-6-8-16(9-7-15)23(29)25(2,3)4)24(30)27-22-18(26)10-11-19(21(14)22)32-13-20(28)31-5/h6-11H,12-13H2,1-5H3,(H,27,30). The molecule has 7 heteroatoms. The molecule has 168 valence electrons. The van der Waals surface area contributed by atoms with E-state index in [2.05, 4.69) is 9.72 Å². The zero-order valence-electron chi connectivity index (χ0n) is 18.8. The first-order chi connectivity index (χ1) is 15.0. The molecule has 1 heterocycles. The molecule has 3 aromatic rings. The highest BCUT2D eigenvalue weighted by Crippen LogP contribution is 2.33. The molecule has 0 fully saturated rings. The molecule has 1 N–H and O–H groups in total. The van der Waals surface area contributed by atoms with E-state index in [9.17, 15) is 14.4 Å². The van der Waals surface area contributed by atoms with Crippen LogP contribution in [0, 0.1) is 12.3 Å². The molecule has 0 bridgehead atoms. The third-order valence-electron chi connectivity index (χ3n) is 5.31. The molecule has 0 unspecified atom stereocenters. The van der Waals surface area contributed by atoms with Crippen LogP contribution in [0.3, 0.4) is 0 Å². The van der Waals surface area contributed by atoms with Crippen molar-refractivity contribution in [1.82, 2.24) is 4.98 Å². The summed E-state index contributed by atoms with van der Waals surface area (Å²) in [5.74, 6) is -0.0259. The molecule has 0 saturated carbocycles. The van der Waals surface area contributed by atoms with Gasteiger partial charge in [-0.1, -0.05) is 56.6 Å². The number of methoxy groups -OCH3 is 1. The molecule has 0 aliphatic heterocycles. The molecule has 0 radical (unpaired) electrons. The van der Waals surface area contributed by atoms with E-state index in [1.807, 2.05) is 39.8 Å². The average Bonchev–Trinajstić information content (AvgIpc) is 2.75. The van der Waals surface area contributed by atoms with Gasteiger partial charge in [-0.2, -0.15) is 0 Å². The topological polar surface area (TPSA) is 85.5 Å². The number of aryl methyl sites for hydroxylation is 1. The van der Waals surface area contributed by atoms with Gasteiger partial charge in [-0.3, -0.25) is 9.59 Å². The Hall–Kier alpha value is -3.12. The van der Waals surface area contributed by atoms with E-state index < -0.39 is 11.4 Å². The molecular formula is C25H26ClNO5.